The highest BCUT2D eigenvalue weighted by molar-refractivity contribution is 5.89. The summed E-state index contributed by atoms with van der Waals surface area (Å²) in [6.45, 7) is 4.64. The van der Waals surface area contributed by atoms with Crippen LogP contribution in [0.4, 0.5) is 0 Å². The molecule has 0 heterocycles. The van der Waals surface area contributed by atoms with E-state index < -0.39 is 35.7 Å². The Kier molecular flexibility index (Phi) is 8.03. The number of carboxylic acid groups (broad SMARTS) is 2. The predicted molar refractivity (Wildman–Crippen MR) is 73.4 cm³/mol. The van der Waals surface area contributed by atoms with Gasteiger partial charge in [-0.05, 0) is 19.3 Å². The van der Waals surface area contributed by atoms with Crippen LogP contribution in [-0.4, -0.2) is 46.6 Å². The summed E-state index contributed by atoms with van der Waals surface area (Å²) >= 11 is 0. The summed E-state index contributed by atoms with van der Waals surface area (Å²) < 4.78 is 0. The van der Waals surface area contributed by atoms with Gasteiger partial charge in [-0.3, -0.25) is 19.2 Å². The quantitative estimate of drug-likeness (QED) is 0.467. The van der Waals surface area contributed by atoms with E-state index in [0.29, 0.717) is 6.42 Å². The van der Waals surface area contributed by atoms with Crippen LogP contribution in [0.15, 0.2) is 0 Å². The molecule has 0 aromatic rings. The molecule has 2 atom stereocenters. The van der Waals surface area contributed by atoms with Crippen molar-refractivity contribution < 1.29 is 29.4 Å². The van der Waals surface area contributed by atoms with E-state index in [4.69, 9.17) is 10.2 Å². The average Bonchev–Trinajstić information content (AvgIpc) is 2.33. The lowest BCUT2D eigenvalue weighted by Crippen LogP contribution is -2.45. The molecule has 8 heteroatoms. The third-order valence-corrected chi connectivity index (χ3v) is 2.72. The van der Waals surface area contributed by atoms with Crippen molar-refractivity contribution in [3.63, 3.8) is 0 Å². The normalized spacial score (nSPS) is 13.3. The molecule has 0 saturated heterocycles. The van der Waals surface area contributed by atoms with Crippen LogP contribution >= 0.6 is 0 Å². The van der Waals surface area contributed by atoms with E-state index in [2.05, 4.69) is 10.6 Å². The number of aliphatic carboxylic acids is 2. The highest BCUT2D eigenvalue weighted by Gasteiger charge is 2.23. The lowest BCUT2D eigenvalue weighted by atomic mass is 9.93. The molecule has 0 aliphatic heterocycles. The molecule has 0 saturated carbocycles. The predicted octanol–water partition coefficient (Wildman–Crippen LogP) is -0.171. The van der Waals surface area contributed by atoms with Gasteiger partial charge >= 0.3 is 11.9 Å². The minimum Gasteiger partial charge on any atom is -0.481 e. The van der Waals surface area contributed by atoms with Gasteiger partial charge in [0.25, 0.3) is 0 Å². The van der Waals surface area contributed by atoms with Crippen molar-refractivity contribution in [3.8, 4) is 0 Å². The third-order valence-electron chi connectivity index (χ3n) is 2.72. The summed E-state index contributed by atoms with van der Waals surface area (Å²) in [5, 5.41) is 21.9. The number of carboxylic acids is 2. The fourth-order valence-corrected chi connectivity index (χ4v) is 1.73. The maximum atomic E-state index is 11.9. The van der Waals surface area contributed by atoms with Crippen LogP contribution in [0.1, 0.15) is 33.6 Å². The summed E-state index contributed by atoms with van der Waals surface area (Å²) in [6, 6.07) is -1.06. The molecule has 0 aliphatic rings. The molecule has 21 heavy (non-hydrogen) atoms. The second-order valence-electron chi connectivity index (χ2n) is 5.27. The molecular weight excluding hydrogens is 280 g/mol. The number of nitrogens with one attached hydrogen (secondary N) is 2. The number of carbonyl (C=O) groups is 4. The van der Waals surface area contributed by atoms with E-state index in [-0.39, 0.29) is 18.9 Å². The molecule has 0 aliphatic carbocycles. The first kappa shape index (κ1) is 18.9. The zero-order valence-corrected chi connectivity index (χ0v) is 12.4. The summed E-state index contributed by atoms with van der Waals surface area (Å²) in [7, 11) is 0. The Morgan fingerprint density at radius 3 is 2.05 bits per heavy atom. The van der Waals surface area contributed by atoms with Crippen LogP contribution in [0.3, 0.4) is 0 Å². The van der Waals surface area contributed by atoms with Gasteiger partial charge in [-0.25, -0.2) is 0 Å². The lowest BCUT2D eigenvalue weighted by Gasteiger charge is -2.17. The molecule has 1 unspecified atom stereocenters. The molecule has 0 spiro atoms. The number of hydrogen-bond donors (Lipinski definition) is 4. The van der Waals surface area contributed by atoms with Gasteiger partial charge in [-0.15, -0.1) is 0 Å². The Morgan fingerprint density at radius 2 is 1.62 bits per heavy atom. The van der Waals surface area contributed by atoms with E-state index in [1.165, 1.54) is 6.92 Å². The van der Waals surface area contributed by atoms with Gasteiger partial charge in [0.15, 0.2) is 0 Å². The summed E-state index contributed by atoms with van der Waals surface area (Å²) in [5.41, 5.74) is 0. The number of carbonyl (C=O) groups excluding carboxylic acids is 2. The van der Waals surface area contributed by atoms with Crippen molar-refractivity contribution in [3.05, 3.63) is 0 Å². The molecule has 2 amide bonds. The fourth-order valence-electron chi connectivity index (χ4n) is 1.73. The molecule has 0 radical (unpaired) electrons. The van der Waals surface area contributed by atoms with Gasteiger partial charge in [0.2, 0.25) is 11.8 Å². The summed E-state index contributed by atoms with van der Waals surface area (Å²) in [6.07, 6.45) is 0.0858. The molecule has 0 rings (SSSR count). The molecule has 0 bridgehead atoms. The first-order valence-electron chi connectivity index (χ1n) is 6.65. The van der Waals surface area contributed by atoms with Crippen molar-refractivity contribution in [1.82, 2.24) is 10.6 Å². The monoisotopic (exact) mass is 302 g/mol. The molecule has 8 nitrogen and oxygen atoms in total. The van der Waals surface area contributed by atoms with Gasteiger partial charge in [0.1, 0.15) is 6.04 Å². The molecule has 4 N–H and O–H groups in total. The highest BCUT2D eigenvalue weighted by Crippen LogP contribution is 2.15. The molecular formula is C13H22N2O6. The molecule has 0 aromatic carbocycles. The Bertz CT molecular complexity index is 407. The van der Waals surface area contributed by atoms with Crippen LogP contribution in [0.5, 0.6) is 0 Å². The largest absolute Gasteiger partial charge is 0.481 e. The Morgan fingerprint density at radius 1 is 1.05 bits per heavy atom. The first-order valence-corrected chi connectivity index (χ1v) is 6.65. The zero-order chi connectivity index (χ0) is 16.6. The van der Waals surface area contributed by atoms with Gasteiger partial charge < -0.3 is 20.8 Å². The van der Waals surface area contributed by atoms with Crippen LogP contribution in [-0.2, 0) is 19.2 Å². The van der Waals surface area contributed by atoms with Crippen molar-refractivity contribution in [2.45, 2.75) is 39.7 Å². The maximum Gasteiger partial charge on any atom is 0.325 e. The van der Waals surface area contributed by atoms with Crippen molar-refractivity contribution >= 4 is 23.8 Å². The number of hydrogen-bond acceptors (Lipinski definition) is 4. The van der Waals surface area contributed by atoms with Crippen molar-refractivity contribution in [2.24, 2.45) is 11.8 Å². The minimum atomic E-state index is -1.18. The number of amides is 2. The second-order valence-corrected chi connectivity index (χ2v) is 5.27. The van der Waals surface area contributed by atoms with Crippen molar-refractivity contribution in [1.29, 1.82) is 0 Å². The van der Waals surface area contributed by atoms with E-state index in [1.54, 1.807) is 0 Å². The minimum absolute atomic E-state index is 0.140. The van der Waals surface area contributed by atoms with Gasteiger partial charge in [0.05, 0.1) is 13.0 Å². The standard InChI is InChI=1S/C13H22N2O6/c1-7(2)4-9(5-11(17)18)12(19)14-6-10(16)15-8(3)13(20)21/h7-9H,4-6H2,1-3H3,(H,14,19)(H,15,16)(H,17,18)(H,20,21)/t8-,9?/m1/s1. The summed E-state index contributed by atoms with van der Waals surface area (Å²) in [4.78, 5) is 44.6. The Hall–Kier alpha value is -2.12. The molecule has 0 aromatic heterocycles. The fraction of sp³-hybridized carbons (Fsp3) is 0.692. The topological polar surface area (TPSA) is 133 Å². The van der Waals surface area contributed by atoms with Gasteiger partial charge in [0, 0.05) is 5.92 Å². The van der Waals surface area contributed by atoms with E-state index in [0.717, 1.165) is 0 Å². The van der Waals surface area contributed by atoms with Crippen LogP contribution in [0.25, 0.3) is 0 Å². The second kappa shape index (κ2) is 8.93. The first-order chi connectivity index (χ1) is 9.63. The SMILES string of the molecule is CC(C)CC(CC(=O)O)C(=O)NCC(=O)N[C@H](C)C(=O)O. The van der Waals surface area contributed by atoms with E-state index in [1.807, 2.05) is 13.8 Å². The lowest BCUT2D eigenvalue weighted by molar-refractivity contribution is -0.142. The summed E-state index contributed by atoms with van der Waals surface area (Å²) in [5.74, 6) is -4.01. The van der Waals surface area contributed by atoms with Crippen LogP contribution in [0, 0.1) is 11.8 Å². The van der Waals surface area contributed by atoms with E-state index in [9.17, 15) is 19.2 Å². The molecule has 0 fully saturated rings. The smallest absolute Gasteiger partial charge is 0.325 e. The zero-order valence-electron chi connectivity index (χ0n) is 12.4. The third kappa shape index (κ3) is 8.61. The Balaban J connectivity index is 4.38. The van der Waals surface area contributed by atoms with Crippen LogP contribution in [0.2, 0.25) is 0 Å². The number of rotatable bonds is 9. The molecule has 120 valence electrons. The maximum absolute atomic E-state index is 11.9. The highest BCUT2D eigenvalue weighted by atomic mass is 16.4. The van der Waals surface area contributed by atoms with E-state index >= 15 is 0 Å². The average molecular weight is 302 g/mol. The van der Waals surface area contributed by atoms with Gasteiger partial charge in [-0.1, -0.05) is 13.8 Å². The van der Waals surface area contributed by atoms with Crippen LogP contribution < -0.4 is 10.6 Å². The van der Waals surface area contributed by atoms with Gasteiger partial charge in [-0.2, -0.15) is 0 Å². The Labute approximate surface area is 122 Å². The van der Waals surface area contributed by atoms with Crippen molar-refractivity contribution in [2.75, 3.05) is 6.54 Å².